The normalized spacial score (nSPS) is 8.45. The molecule has 0 bridgehead atoms. The van der Waals surface area contributed by atoms with Crippen molar-refractivity contribution < 1.29 is 34.9 Å². The molecule has 0 rings (SSSR count). The van der Waals surface area contributed by atoms with E-state index in [1.807, 2.05) is 0 Å². The first-order valence-corrected chi connectivity index (χ1v) is 3.17. The van der Waals surface area contributed by atoms with Crippen LogP contribution in [-0.2, 0) is 29.7 Å². The van der Waals surface area contributed by atoms with Crippen LogP contribution >= 0.6 is 0 Å². The Hall–Kier alpha value is -0.207. The van der Waals surface area contributed by atoms with Gasteiger partial charge in [0.2, 0.25) is 0 Å². The summed E-state index contributed by atoms with van der Waals surface area (Å²) in [5.74, 6) is -0.855. The van der Waals surface area contributed by atoms with E-state index in [1.54, 1.807) is 6.08 Å². The van der Waals surface area contributed by atoms with Crippen molar-refractivity contribution in [2.75, 3.05) is 0 Å². The van der Waals surface area contributed by atoms with Crippen molar-refractivity contribution in [3.8, 4) is 0 Å². The first kappa shape index (κ1) is 17.0. The molecule has 60 valence electrons. The van der Waals surface area contributed by atoms with Crippen molar-refractivity contribution in [3.05, 3.63) is 12.2 Å². The Balaban J connectivity index is -0.000000320. The van der Waals surface area contributed by atoms with E-state index in [0.29, 0.717) is 0 Å². The second-order valence-corrected chi connectivity index (χ2v) is 1.88. The fourth-order valence-corrected chi connectivity index (χ4v) is 0.506. The van der Waals surface area contributed by atoms with Crippen LogP contribution in [0, 0.1) is 0 Å². The average Bonchev–Trinajstić information content (AvgIpc) is 1.80. The SMILES string of the molecule is CCCCC=CC(=O)O.[O-2].[Zn+2]. The van der Waals surface area contributed by atoms with Crippen LogP contribution in [0.1, 0.15) is 26.2 Å². The number of hydrogen-bond acceptors (Lipinski definition) is 1. The summed E-state index contributed by atoms with van der Waals surface area (Å²) in [4.78, 5) is 9.88. The summed E-state index contributed by atoms with van der Waals surface area (Å²) in [6.45, 7) is 2.08. The van der Waals surface area contributed by atoms with Gasteiger partial charge in [-0.2, -0.15) is 0 Å². The molecule has 0 spiro atoms. The molecule has 0 aliphatic carbocycles. The summed E-state index contributed by atoms with van der Waals surface area (Å²) in [6.07, 6.45) is 5.94. The van der Waals surface area contributed by atoms with Crippen LogP contribution in [-0.4, -0.2) is 11.1 Å². The molecule has 0 aromatic rings. The molecule has 0 aliphatic heterocycles. The molecule has 0 atom stereocenters. The fourth-order valence-electron chi connectivity index (χ4n) is 0.506. The van der Waals surface area contributed by atoms with Crippen molar-refractivity contribution in [2.24, 2.45) is 0 Å². The van der Waals surface area contributed by atoms with Crippen molar-refractivity contribution in [1.82, 2.24) is 0 Å². The summed E-state index contributed by atoms with van der Waals surface area (Å²) in [5, 5.41) is 8.13. The van der Waals surface area contributed by atoms with Gasteiger partial charge in [0.25, 0.3) is 0 Å². The van der Waals surface area contributed by atoms with Gasteiger partial charge in [-0.05, 0) is 6.42 Å². The molecule has 0 unspecified atom stereocenters. The molecule has 0 radical (unpaired) electrons. The van der Waals surface area contributed by atoms with E-state index in [-0.39, 0.29) is 25.0 Å². The summed E-state index contributed by atoms with van der Waals surface area (Å²) >= 11 is 0. The van der Waals surface area contributed by atoms with Crippen LogP contribution in [0.15, 0.2) is 12.2 Å². The molecule has 1 N–H and O–H groups in total. The molecule has 0 saturated carbocycles. The zero-order chi connectivity index (χ0) is 7.11. The third-order valence-electron chi connectivity index (χ3n) is 0.985. The summed E-state index contributed by atoms with van der Waals surface area (Å²) in [6, 6.07) is 0. The number of allylic oxidation sites excluding steroid dienone is 1. The molecule has 4 heteroatoms. The average molecular weight is 210 g/mol. The van der Waals surface area contributed by atoms with Gasteiger partial charge in [-0.1, -0.05) is 25.8 Å². The summed E-state index contributed by atoms with van der Waals surface area (Å²) < 4.78 is 0. The molecular formula is C7H12O3Zn. The van der Waals surface area contributed by atoms with Crippen molar-refractivity contribution in [3.63, 3.8) is 0 Å². The number of carboxylic acid groups (broad SMARTS) is 1. The molecular weight excluding hydrogens is 197 g/mol. The van der Waals surface area contributed by atoms with Crippen molar-refractivity contribution in [1.29, 1.82) is 0 Å². The molecule has 0 saturated heterocycles. The van der Waals surface area contributed by atoms with Crippen LogP contribution in [0.5, 0.6) is 0 Å². The monoisotopic (exact) mass is 208 g/mol. The zero-order valence-corrected chi connectivity index (χ0v) is 9.71. The molecule has 0 heterocycles. The van der Waals surface area contributed by atoms with Crippen LogP contribution in [0.25, 0.3) is 0 Å². The zero-order valence-electron chi connectivity index (χ0n) is 6.75. The van der Waals surface area contributed by atoms with E-state index >= 15 is 0 Å². The van der Waals surface area contributed by atoms with Crippen molar-refractivity contribution in [2.45, 2.75) is 26.2 Å². The maximum absolute atomic E-state index is 9.88. The number of aliphatic carboxylic acids is 1. The summed E-state index contributed by atoms with van der Waals surface area (Å²) in [7, 11) is 0. The molecule has 3 nitrogen and oxygen atoms in total. The Kier molecular flexibility index (Phi) is 19.3. The third-order valence-corrected chi connectivity index (χ3v) is 0.985. The largest absolute Gasteiger partial charge is 2.00 e. The van der Waals surface area contributed by atoms with E-state index in [1.165, 1.54) is 6.08 Å². The van der Waals surface area contributed by atoms with Gasteiger partial charge >= 0.3 is 25.4 Å². The first-order valence-electron chi connectivity index (χ1n) is 3.17. The standard InChI is InChI=1S/C7H12O2.O.Zn/c1-2-3-4-5-6-7(8)9;;/h5-6H,2-4H2,1H3,(H,8,9);;/q;-2;+2. The van der Waals surface area contributed by atoms with E-state index in [2.05, 4.69) is 6.92 Å². The van der Waals surface area contributed by atoms with E-state index < -0.39 is 5.97 Å². The number of carbonyl (C=O) groups is 1. The Morgan fingerprint density at radius 1 is 1.55 bits per heavy atom. The Morgan fingerprint density at radius 2 is 2.09 bits per heavy atom. The number of carboxylic acids is 1. The predicted molar refractivity (Wildman–Crippen MR) is 37.0 cm³/mol. The van der Waals surface area contributed by atoms with Gasteiger partial charge in [0.15, 0.2) is 0 Å². The third kappa shape index (κ3) is 17.7. The predicted octanol–water partition coefficient (Wildman–Crippen LogP) is 1.70. The van der Waals surface area contributed by atoms with Gasteiger partial charge in [-0.15, -0.1) is 0 Å². The minimum atomic E-state index is -0.855. The molecule has 0 aromatic carbocycles. The van der Waals surface area contributed by atoms with Crippen LogP contribution < -0.4 is 0 Å². The van der Waals surface area contributed by atoms with Gasteiger partial charge in [-0.25, -0.2) is 4.79 Å². The van der Waals surface area contributed by atoms with E-state index in [9.17, 15) is 4.79 Å². The minimum absolute atomic E-state index is 0. The van der Waals surface area contributed by atoms with Crippen LogP contribution in [0.3, 0.4) is 0 Å². The quantitative estimate of drug-likeness (QED) is 0.435. The molecule has 11 heavy (non-hydrogen) atoms. The van der Waals surface area contributed by atoms with Crippen LogP contribution in [0.2, 0.25) is 0 Å². The Labute approximate surface area is 79.6 Å². The first-order chi connectivity index (χ1) is 4.27. The van der Waals surface area contributed by atoms with Crippen molar-refractivity contribution >= 4 is 5.97 Å². The maximum atomic E-state index is 9.88. The smallest absolute Gasteiger partial charge is 2.00 e. The second kappa shape index (κ2) is 12.5. The van der Waals surface area contributed by atoms with Gasteiger partial charge < -0.3 is 10.6 Å². The van der Waals surface area contributed by atoms with E-state index in [0.717, 1.165) is 19.3 Å². The minimum Gasteiger partial charge on any atom is -2.00 e. The van der Waals surface area contributed by atoms with Gasteiger partial charge in [-0.3, -0.25) is 0 Å². The number of hydrogen-bond donors (Lipinski definition) is 1. The topological polar surface area (TPSA) is 65.8 Å². The second-order valence-electron chi connectivity index (χ2n) is 1.88. The fraction of sp³-hybridized carbons (Fsp3) is 0.571. The molecule has 0 aromatic heterocycles. The van der Waals surface area contributed by atoms with Crippen LogP contribution in [0.4, 0.5) is 0 Å². The molecule has 0 fully saturated rings. The molecule has 0 aliphatic rings. The number of unbranched alkanes of at least 4 members (excludes halogenated alkanes) is 2. The summed E-state index contributed by atoms with van der Waals surface area (Å²) in [5.41, 5.74) is 0. The van der Waals surface area contributed by atoms with Gasteiger partial charge in [0.05, 0.1) is 0 Å². The molecule has 0 amide bonds. The number of rotatable bonds is 4. The van der Waals surface area contributed by atoms with Gasteiger partial charge in [0.1, 0.15) is 0 Å². The van der Waals surface area contributed by atoms with Gasteiger partial charge in [0, 0.05) is 6.08 Å². The maximum Gasteiger partial charge on any atom is 2.00 e. The Morgan fingerprint density at radius 3 is 2.45 bits per heavy atom. The van der Waals surface area contributed by atoms with E-state index in [4.69, 9.17) is 5.11 Å². The Bertz CT molecular complexity index is 112.